The fraction of sp³-hybridized carbons (Fsp3) is 0.562. The summed E-state index contributed by atoms with van der Waals surface area (Å²) >= 11 is 0. The third kappa shape index (κ3) is 6.39. The Morgan fingerprint density at radius 2 is 1.67 bits per heavy atom. The highest BCUT2D eigenvalue weighted by Gasteiger charge is 2.26. The Balaban J connectivity index is 0.00000529. The molecule has 0 fully saturated rings. The van der Waals surface area contributed by atoms with E-state index in [1.54, 1.807) is 31.2 Å². The van der Waals surface area contributed by atoms with Gasteiger partial charge < -0.3 is 11.1 Å². The van der Waals surface area contributed by atoms with Gasteiger partial charge >= 0.3 is 0 Å². The van der Waals surface area contributed by atoms with Crippen LogP contribution in [0.1, 0.15) is 49.5 Å². The number of carbonyl (C=O) groups excluding carboxylic acids is 1. The summed E-state index contributed by atoms with van der Waals surface area (Å²) in [5, 5.41) is 3.01. The molecule has 0 bridgehead atoms. The molecule has 0 aromatic heterocycles. The molecule has 0 radical (unpaired) electrons. The first-order valence-corrected chi connectivity index (χ1v) is 9.55. The summed E-state index contributed by atoms with van der Waals surface area (Å²) in [7, 11) is -3.22. The van der Waals surface area contributed by atoms with E-state index in [-0.39, 0.29) is 36.2 Å². The van der Waals surface area contributed by atoms with Crippen molar-refractivity contribution in [1.82, 2.24) is 10.0 Å². The number of hydrogen-bond acceptors (Lipinski definition) is 4. The highest BCUT2D eigenvalue weighted by Crippen LogP contribution is 2.15. The van der Waals surface area contributed by atoms with Crippen molar-refractivity contribution in [3.05, 3.63) is 35.4 Å². The number of rotatable bonds is 9. The summed E-state index contributed by atoms with van der Waals surface area (Å²) in [6, 6.07) is 6.87. The van der Waals surface area contributed by atoms with Crippen LogP contribution in [-0.2, 0) is 16.6 Å². The maximum absolute atomic E-state index is 12.3. The molecule has 1 aromatic rings. The minimum absolute atomic E-state index is 0. The van der Waals surface area contributed by atoms with Gasteiger partial charge in [0.05, 0.1) is 11.3 Å². The number of sulfonamides is 1. The lowest BCUT2D eigenvalue weighted by Gasteiger charge is -2.31. The molecule has 0 aliphatic carbocycles. The van der Waals surface area contributed by atoms with Gasteiger partial charge in [0.2, 0.25) is 10.0 Å². The minimum Gasteiger partial charge on any atom is -0.345 e. The number of carbonyl (C=O) groups is 1. The number of hydrogen-bond donors (Lipinski definition) is 3. The van der Waals surface area contributed by atoms with Gasteiger partial charge in [0.25, 0.3) is 5.91 Å². The second-order valence-electron chi connectivity index (χ2n) is 5.57. The van der Waals surface area contributed by atoms with Crippen molar-refractivity contribution >= 4 is 28.3 Å². The van der Waals surface area contributed by atoms with Gasteiger partial charge in [-0.3, -0.25) is 4.79 Å². The number of amides is 1. The van der Waals surface area contributed by atoms with Crippen molar-refractivity contribution in [2.75, 3.05) is 12.3 Å². The van der Waals surface area contributed by atoms with Gasteiger partial charge in [-0.1, -0.05) is 26.0 Å². The topological polar surface area (TPSA) is 101 Å². The normalized spacial score (nSPS) is 11.7. The Hall–Kier alpha value is -1.15. The second-order valence-corrected chi connectivity index (χ2v) is 7.66. The first-order chi connectivity index (χ1) is 10.8. The van der Waals surface area contributed by atoms with Gasteiger partial charge in [-0.15, -0.1) is 12.4 Å². The molecule has 138 valence electrons. The Kier molecular flexibility index (Phi) is 9.50. The lowest BCUT2D eigenvalue weighted by molar-refractivity contribution is 0.0895. The average Bonchev–Trinajstić information content (AvgIpc) is 2.58. The predicted molar refractivity (Wildman–Crippen MR) is 99.8 cm³/mol. The van der Waals surface area contributed by atoms with E-state index >= 15 is 0 Å². The van der Waals surface area contributed by atoms with Gasteiger partial charge in [0.15, 0.2) is 0 Å². The van der Waals surface area contributed by atoms with Crippen LogP contribution in [0, 0.1) is 0 Å². The Bertz CT molecular complexity index is 606. The minimum atomic E-state index is -3.22. The number of nitrogens with two attached hydrogens (primary N) is 1. The molecule has 0 heterocycles. The predicted octanol–water partition coefficient (Wildman–Crippen LogP) is 1.80. The Morgan fingerprint density at radius 1 is 1.12 bits per heavy atom. The molecule has 4 N–H and O–H groups in total. The zero-order valence-electron chi connectivity index (χ0n) is 14.5. The first kappa shape index (κ1) is 22.9. The molecule has 0 saturated heterocycles. The Labute approximate surface area is 151 Å². The van der Waals surface area contributed by atoms with Crippen LogP contribution >= 0.6 is 12.4 Å². The van der Waals surface area contributed by atoms with Crippen LogP contribution < -0.4 is 15.8 Å². The maximum atomic E-state index is 12.3. The second kappa shape index (κ2) is 9.98. The highest BCUT2D eigenvalue weighted by molar-refractivity contribution is 7.89. The molecule has 0 saturated carbocycles. The van der Waals surface area contributed by atoms with E-state index in [4.69, 9.17) is 5.73 Å². The van der Waals surface area contributed by atoms with Gasteiger partial charge in [-0.2, -0.15) is 0 Å². The molecule has 1 aromatic carbocycles. The van der Waals surface area contributed by atoms with Crippen molar-refractivity contribution in [2.24, 2.45) is 5.73 Å². The van der Waals surface area contributed by atoms with Crippen LogP contribution in [-0.4, -0.2) is 32.2 Å². The summed E-state index contributed by atoms with van der Waals surface area (Å²) in [5.41, 5.74) is 6.75. The van der Waals surface area contributed by atoms with Gasteiger partial charge in [-0.05, 0) is 37.5 Å². The van der Waals surface area contributed by atoms with Crippen molar-refractivity contribution in [1.29, 1.82) is 0 Å². The average molecular weight is 378 g/mol. The fourth-order valence-electron chi connectivity index (χ4n) is 2.15. The smallest absolute Gasteiger partial charge is 0.251 e. The van der Waals surface area contributed by atoms with Crippen molar-refractivity contribution in [3.63, 3.8) is 0 Å². The van der Waals surface area contributed by atoms with E-state index in [0.717, 1.165) is 18.4 Å². The first-order valence-electron chi connectivity index (χ1n) is 7.90. The molecule has 0 atom stereocenters. The van der Waals surface area contributed by atoms with Gasteiger partial charge in [0, 0.05) is 18.7 Å². The Morgan fingerprint density at radius 3 is 2.08 bits per heavy atom. The summed E-state index contributed by atoms with van der Waals surface area (Å²) in [5.74, 6) is -0.122. The van der Waals surface area contributed by atoms with E-state index in [0.29, 0.717) is 12.1 Å². The molecular formula is C16H28ClN3O3S. The number of halogens is 1. The number of benzene rings is 1. The lowest BCUT2D eigenvalue weighted by atomic mass is 9.92. The van der Waals surface area contributed by atoms with Crippen LogP contribution in [0.2, 0.25) is 0 Å². The quantitative estimate of drug-likeness (QED) is 0.610. The molecule has 0 aliphatic heterocycles. The summed E-state index contributed by atoms with van der Waals surface area (Å²) < 4.78 is 25.3. The fourth-order valence-corrected chi connectivity index (χ4v) is 2.74. The monoisotopic (exact) mass is 377 g/mol. The zero-order valence-corrected chi connectivity index (χ0v) is 16.1. The molecule has 0 aliphatic rings. The number of nitrogens with one attached hydrogen (secondary N) is 2. The summed E-state index contributed by atoms with van der Waals surface area (Å²) in [6.07, 6.45) is 1.53. The third-order valence-corrected chi connectivity index (χ3v) is 5.56. The third-order valence-electron chi connectivity index (χ3n) is 4.22. The molecule has 1 rings (SSSR count). The van der Waals surface area contributed by atoms with Crippen LogP contribution in [0.3, 0.4) is 0 Å². The van der Waals surface area contributed by atoms with Crippen LogP contribution in [0.15, 0.2) is 24.3 Å². The van der Waals surface area contributed by atoms with Crippen molar-refractivity contribution in [3.8, 4) is 0 Å². The maximum Gasteiger partial charge on any atom is 0.251 e. The molecule has 1 amide bonds. The zero-order chi connectivity index (χ0) is 17.5. The van der Waals surface area contributed by atoms with Crippen LogP contribution in [0.5, 0.6) is 0 Å². The SMILES string of the molecule is CCC(CC)(CN)NC(=O)c1ccc(CNS(=O)(=O)CC)cc1.Cl. The molecule has 6 nitrogen and oxygen atoms in total. The summed E-state index contributed by atoms with van der Waals surface area (Å²) in [6.45, 7) is 6.19. The van der Waals surface area contributed by atoms with E-state index in [2.05, 4.69) is 10.0 Å². The largest absolute Gasteiger partial charge is 0.345 e. The van der Waals surface area contributed by atoms with Crippen molar-refractivity contribution in [2.45, 2.75) is 45.7 Å². The van der Waals surface area contributed by atoms with E-state index in [1.165, 1.54) is 0 Å². The lowest BCUT2D eigenvalue weighted by Crippen LogP contribution is -2.52. The van der Waals surface area contributed by atoms with Crippen LogP contribution in [0.25, 0.3) is 0 Å². The standard InChI is InChI=1S/C16H27N3O3S.ClH/c1-4-16(5-2,12-17)19-15(20)14-9-7-13(8-10-14)11-18-23(21,22)6-3;/h7-10,18H,4-6,11-12,17H2,1-3H3,(H,19,20);1H. The van der Waals surface area contributed by atoms with Gasteiger partial charge in [0.1, 0.15) is 0 Å². The molecular weight excluding hydrogens is 350 g/mol. The van der Waals surface area contributed by atoms with E-state index in [9.17, 15) is 13.2 Å². The molecule has 8 heteroatoms. The summed E-state index contributed by atoms with van der Waals surface area (Å²) in [4.78, 5) is 12.3. The van der Waals surface area contributed by atoms with Gasteiger partial charge in [-0.25, -0.2) is 13.1 Å². The molecule has 24 heavy (non-hydrogen) atoms. The van der Waals surface area contributed by atoms with Crippen molar-refractivity contribution < 1.29 is 13.2 Å². The van der Waals surface area contributed by atoms with E-state index in [1.807, 2.05) is 13.8 Å². The highest BCUT2D eigenvalue weighted by atomic mass is 35.5. The van der Waals surface area contributed by atoms with E-state index < -0.39 is 10.0 Å². The van der Waals surface area contributed by atoms with Crippen LogP contribution in [0.4, 0.5) is 0 Å². The molecule has 0 spiro atoms. The molecule has 0 unspecified atom stereocenters.